The number of aliphatic carboxylic acids is 1. The van der Waals surface area contributed by atoms with Crippen molar-refractivity contribution in [1.29, 1.82) is 0 Å². The number of nitrogens with zero attached hydrogens (tertiary/aromatic N) is 2. The largest absolute Gasteiger partial charge is 0.480 e. The molecule has 2 N–H and O–H groups in total. The van der Waals surface area contributed by atoms with Crippen molar-refractivity contribution >= 4 is 17.3 Å². The first-order valence-electron chi connectivity index (χ1n) is 8.08. The Kier molecular flexibility index (Phi) is 4.66. The minimum absolute atomic E-state index is 0.0414. The number of carboxylic acids is 1. The van der Waals surface area contributed by atoms with Crippen molar-refractivity contribution in [1.82, 2.24) is 4.90 Å². The van der Waals surface area contributed by atoms with Crippen LogP contribution in [0.2, 0.25) is 0 Å². The van der Waals surface area contributed by atoms with E-state index in [0.717, 1.165) is 25.5 Å². The average molecular weight is 337 g/mol. The van der Waals surface area contributed by atoms with Crippen LogP contribution in [-0.4, -0.2) is 46.1 Å². The van der Waals surface area contributed by atoms with E-state index in [9.17, 15) is 19.3 Å². The maximum atomic E-state index is 13.9. The predicted octanol–water partition coefficient (Wildman–Crippen LogP) is 2.47. The molecule has 1 aromatic rings. The van der Waals surface area contributed by atoms with Crippen LogP contribution in [0.3, 0.4) is 0 Å². The number of benzene rings is 1. The Morgan fingerprint density at radius 2 is 2.12 bits per heavy atom. The van der Waals surface area contributed by atoms with E-state index in [-0.39, 0.29) is 30.0 Å². The van der Waals surface area contributed by atoms with Gasteiger partial charge in [0, 0.05) is 24.7 Å². The van der Waals surface area contributed by atoms with Crippen molar-refractivity contribution in [3.05, 3.63) is 34.1 Å². The number of anilines is 1. The zero-order valence-corrected chi connectivity index (χ0v) is 13.2. The zero-order valence-electron chi connectivity index (χ0n) is 13.2. The van der Waals surface area contributed by atoms with Gasteiger partial charge in [-0.3, -0.25) is 19.8 Å². The third kappa shape index (κ3) is 4.00. The van der Waals surface area contributed by atoms with E-state index in [2.05, 4.69) is 5.32 Å². The topological polar surface area (TPSA) is 95.7 Å². The van der Waals surface area contributed by atoms with Crippen LogP contribution in [-0.2, 0) is 4.79 Å². The Balaban J connectivity index is 1.54. The first-order chi connectivity index (χ1) is 11.4. The summed E-state index contributed by atoms with van der Waals surface area (Å²) in [5.41, 5.74) is -0.0300. The van der Waals surface area contributed by atoms with Gasteiger partial charge in [0.15, 0.2) is 5.82 Å². The summed E-state index contributed by atoms with van der Waals surface area (Å²) in [7, 11) is 0. The molecule has 0 unspecified atom stereocenters. The standard InChI is InChI=1S/C16H20FN3O4/c17-14-7-12(20(23)24)3-4-15(14)18-11-5-13(6-11)19(9-16(21)22)8-10-1-2-10/h3-4,7,10-11,13,18H,1-2,5-6,8-9H2,(H,21,22). The van der Waals surface area contributed by atoms with Crippen molar-refractivity contribution in [3.8, 4) is 0 Å². The van der Waals surface area contributed by atoms with Crippen LogP contribution >= 0.6 is 0 Å². The second kappa shape index (κ2) is 6.72. The fourth-order valence-electron chi connectivity index (χ4n) is 3.11. The van der Waals surface area contributed by atoms with Gasteiger partial charge in [-0.2, -0.15) is 0 Å². The Morgan fingerprint density at radius 3 is 2.67 bits per heavy atom. The Morgan fingerprint density at radius 1 is 1.42 bits per heavy atom. The third-order valence-electron chi connectivity index (χ3n) is 4.68. The van der Waals surface area contributed by atoms with E-state index >= 15 is 0 Å². The summed E-state index contributed by atoms with van der Waals surface area (Å²) in [6.45, 7) is 0.857. The first-order valence-corrected chi connectivity index (χ1v) is 8.08. The molecular formula is C16H20FN3O4. The number of hydrogen-bond donors (Lipinski definition) is 2. The highest BCUT2D eigenvalue weighted by Gasteiger charge is 2.37. The lowest BCUT2D eigenvalue weighted by atomic mass is 9.85. The van der Waals surface area contributed by atoms with Crippen LogP contribution in [0.4, 0.5) is 15.8 Å². The van der Waals surface area contributed by atoms with Crippen LogP contribution < -0.4 is 5.32 Å². The Hall–Kier alpha value is -2.22. The highest BCUT2D eigenvalue weighted by Crippen LogP contribution is 2.35. The van der Waals surface area contributed by atoms with E-state index in [1.165, 1.54) is 25.0 Å². The Labute approximate surface area is 138 Å². The molecule has 2 fully saturated rings. The average Bonchev–Trinajstić information content (AvgIpc) is 3.26. The zero-order chi connectivity index (χ0) is 17.3. The molecule has 3 rings (SSSR count). The van der Waals surface area contributed by atoms with Gasteiger partial charge in [-0.25, -0.2) is 4.39 Å². The summed E-state index contributed by atoms with van der Waals surface area (Å²) in [5, 5.41) is 22.7. The van der Waals surface area contributed by atoms with Crippen LogP contribution in [0.25, 0.3) is 0 Å². The molecule has 0 spiro atoms. The van der Waals surface area contributed by atoms with Crippen LogP contribution in [0.1, 0.15) is 25.7 Å². The highest BCUT2D eigenvalue weighted by atomic mass is 19.1. The molecule has 24 heavy (non-hydrogen) atoms. The number of hydrogen-bond acceptors (Lipinski definition) is 5. The molecule has 0 saturated heterocycles. The van der Waals surface area contributed by atoms with Crippen LogP contribution in [0.15, 0.2) is 18.2 Å². The number of halogens is 1. The minimum atomic E-state index is -0.825. The molecule has 0 heterocycles. The van der Waals surface area contributed by atoms with Gasteiger partial charge in [-0.05, 0) is 37.7 Å². The molecule has 1 aromatic carbocycles. The summed E-state index contributed by atoms with van der Waals surface area (Å²) < 4.78 is 13.9. The molecule has 130 valence electrons. The van der Waals surface area contributed by atoms with E-state index < -0.39 is 16.7 Å². The van der Waals surface area contributed by atoms with Gasteiger partial charge in [-0.1, -0.05) is 0 Å². The van der Waals surface area contributed by atoms with Crippen molar-refractivity contribution < 1.29 is 19.2 Å². The molecule has 0 aromatic heterocycles. The van der Waals surface area contributed by atoms with Gasteiger partial charge in [0.1, 0.15) is 0 Å². The second-order valence-electron chi connectivity index (χ2n) is 6.65. The molecule has 0 bridgehead atoms. The molecule has 0 radical (unpaired) electrons. The van der Waals surface area contributed by atoms with Gasteiger partial charge in [0.05, 0.1) is 23.2 Å². The lowest BCUT2D eigenvalue weighted by Crippen LogP contribution is -2.52. The van der Waals surface area contributed by atoms with Crippen molar-refractivity contribution in [2.45, 2.75) is 37.8 Å². The lowest BCUT2D eigenvalue weighted by molar-refractivity contribution is -0.385. The molecule has 7 nitrogen and oxygen atoms in total. The maximum absolute atomic E-state index is 13.9. The molecular weight excluding hydrogens is 317 g/mol. The SMILES string of the molecule is O=C(O)CN(CC1CC1)C1CC(Nc2ccc([N+](=O)[O-])cc2F)C1. The molecule has 8 heteroatoms. The summed E-state index contributed by atoms with van der Waals surface area (Å²) in [6.07, 6.45) is 3.82. The summed E-state index contributed by atoms with van der Waals surface area (Å²) in [5.74, 6) is -0.857. The van der Waals surface area contributed by atoms with Gasteiger partial charge < -0.3 is 10.4 Å². The van der Waals surface area contributed by atoms with Crippen LogP contribution in [0.5, 0.6) is 0 Å². The van der Waals surface area contributed by atoms with Crippen molar-refractivity contribution in [2.75, 3.05) is 18.4 Å². The number of nitro benzene ring substituents is 1. The fourth-order valence-corrected chi connectivity index (χ4v) is 3.11. The van der Waals surface area contributed by atoms with Gasteiger partial charge in [-0.15, -0.1) is 0 Å². The smallest absolute Gasteiger partial charge is 0.317 e. The second-order valence-corrected chi connectivity index (χ2v) is 6.65. The van der Waals surface area contributed by atoms with Crippen molar-refractivity contribution in [3.63, 3.8) is 0 Å². The number of nitrogens with one attached hydrogen (secondary N) is 1. The number of non-ortho nitro benzene ring substituents is 1. The summed E-state index contributed by atoms with van der Waals surface area (Å²) in [4.78, 5) is 23.0. The van der Waals surface area contributed by atoms with Crippen LogP contribution in [0, 0.1) is 21.8 Å². The number of carboxylic acid groups (broad SMARTS) is 1. The molecule has 0 aliphatic heterocycles. The van der Waals surface area contributed by atoms with E-state index in [0.29, 0.717) is 5.92 Å². The summed E-state index contributed by atoms with van der Waals surface area (Å²) >= 11 is 0. The number of rotatable bonds is 8. The quantitative estimate of drug-likeness (QED) is 0.559. The number of carbonyl (C=O) groups is 1. The normalized spacial score (nSPS) is 22.9. The van der Waals surface area contributed by atoms with Crippen molar-refractivity contribution in [2.24, 2.45) is 5.92 Å². The van der Waals surface area contributed by atoms with E-state index in [4.69, 9.17) is 5.11 Å². The highest BCUT2D eigenvalue weighted by molar-refractivity contribution is 5.69. The van der Waals surface area contributed by atoms with E-state index in [1.54, 1.807) is 0 Å². The molecule has 2 aliphatic rings. The van der Waals surface area contributed by atoms with Gasteiger partial charge >= 0.3 is 5.97 Å². The van der Waals surface area contributed by atoms with Gasteiger partial charge in [0.25, 0.3) is 5.69 Å². The monoisotopic (exact) mass is 337 g/mol. The minimum Gasteiger partial charge on any atom is -0.480 e. The molecule has 0 atom stereocenters. The van der Waals surface area contributed by atoms with E-state index in [1.807, 2.05) is 4.90 Å². The number of nitro groups is 1. The fraction of sp³-hybridized carbons (Fsp3) is 0.562. The maximum Gasteiger partial charge on any atom is 0.317 e. The lowest BCUT2D eigenvalue weighted by Gasteiger charge is -2.43. The predicted molar refractivity (Wildman–Crippen MR) is 85.4 cm³/mol. The third-order valence-corrected chi connectivity index (χ3v) is 4.68. The molecule has 2 aliphatic carbocycles. The Bertz CT molecular complexity index is 644. The molecule has 2 saturated carbocycles. The van der Waals surface area contributed by atoms with Gasteiger partial charge in [0.2, 0.25) is 0 Å². The summed E-state index contributed by atoms with van der Waals surface area (Å²) in [6, 6.07) is 3.80. The first kappa shape index (κ1) is 16.6. The molecule has 0 amide bonds.